The van der Waals surface area contributed by atoms with Gasteiger partial charge in [0.2, 0.25) is 0 Å². The van der Waals surface area contributed by atoms with E-state index in [0.717, 1.165) is 24.2 Å². The minimum Gasteiger partial charge on any atom is -0.481 e. The highest BCUT2D eigenvalue weighted by atomic mass is 32.2. The highest BCUT2D eigenvalue weighted by Crippen LogP contribution is 2.42. The lowest BCUT2D eigenvalue weighted by Gasteiger charge is -2.31. The Balaban J connectivity index is 2.06. The van der Waals surface area contributed by atoms with E-state index in [1.54, 1.807) is 11.8 Å². The summed E-state index contributed by atoms with van der Waals surface area (Å²) in [6.45, 7) is 5.62. The van der Waals surface area contributed by atoms with Gasteiger partial charge >= 0.3 is 12.1 Å². The normalized spacial score (nSPS) is 20.2. The van der Waals surface area contributed by atoms with E-state index in [1.165, 1.54) is 0 Å². The fourth-order valence-corrected chi connectivity index (χ4v) is 4.29. The number of amides is 1. The van der Waals surface area contributed by atoms with Crippen LogP contribution in [0.3, 0.4) is 0 Å². The van der Waals surface area contributed by atoms with E-state index in [0.29, 0.717) is 6.42 Å². The van der Waals surface area contributed by atoms with Gasteiger partial charge in [0.25, 0.3) is 0 Å². The Kier molecular flexibility index (Phi) is 7.78. The third-order valence-corrected chi connectivity index (χ3v) is 5.44. The Labute approximate surface area is 165 Å². The second-order valence-corrected chi connectivity index (χ2v) is 8.73. The summed E-state index contributed by atoms with van der Waals surface area (Å²) in [5.74, 6) is 0.0534. The first-order chi connectivity index (χ1) is 12.8. The predicted octanol–water partition coefficient (Wildman–Crippen LogP) is 5.24. The van der Waals surface area contributed by atoms with E-state index in [9.17, 15) is 9.59 Å². The van der Waals surface area contributed by atoms with Gasteiger partial charge < -0.3 is 9.84 Å². The van der Waals surface area contributed by atoms with Gasteiger partial charge in [0, 0.05) is 12.2 Å². The molecule has 1 N–H and O–H groups in total. The van der Waals surface area contributed by atoms with Gasteiger partial charge in [-0.15, -0.1) is 11.8 Å². The van der Waals surface area contributed by atoms with Gasteiger partial charge in [-0.2, -0.15) is 0 Å². The Morgan fingerprint density at radius 2 is 1.96 bits per heavy atom. The summed E-state index contributed by atoms with van der Waals surface area (Å²) in [6, 6.07) is 9.97. The molecule has 0 aliphatic carbocycles. The summed E-state index contributed by atoms with van der Waals surface area (Å²) >= 11 is 1.73. The van der Waals surface area contributed by atoms with Gasteiger partial charge in [-0.1, -0.05) is 42.5 Å². The van der Waals surface area contributed by atoms with Gasteiger partial charge in [-0.25, -0.2) is 4.79 Å². The lowest BCUT2D eigenvalue weighted by atomic mass is 10.1. The van der Waals surface area contributed by atoms with Crippen LogP contribution in [0.2, 0.25) is 0 Å². The summed E-state index contributed by atoms with van der Waals surface area (Å²) in [4.78, 5) is 25.2. The molecule has 1 aliphatic heterocycles. The smallest absolute Gasteiger partial charge is 0.411 e. The first-order valence-electron chi connectivity index (χ1n) is 9.34. The lowest BCUT2D eigenvalue weighted by Crippen LogP contribution is -2.40. The molecule has 148 valence electrons. The van der Waals surface area contributed by atoms with Crippen molar-refractivity contribution in [2.24, 2.45) is 0 Å². The zero-order chi connectivity index (χ0) is 19.9. The van der Waals surface area contributed by atoms with Crippen LogP contribution >= 0.6 is 11.8 Å². The summed E-state index contributed by atoms with van der Waals surface area (Å²) in [5.41, 5.74) is 0.544. The number of unbranched alkanes of at least 4 members (excludes halogenated alkanes) is 2. The van der Waals surface area contributed by atoms with Crippen molar-refractivity contribution >= 4 is 23.8 Å². The molecule has 1 aliphatic rings. The molecule has 1 saturated heterocycles. The van der Waals surface area contributed by atoms with Crippen LogP contribution in [-0.2, 0) is 9.53 Å². The van der Waals surface area contributed by atoms with Crippen LogP contribution in [-0.4, -0.2) is 39.5 Å². The number of hydrogen-bond acceptors (Lipinski definition) is 4. The van der Waals surface area contributed by atoms with E-state index < -0.39 is 11.6 Å². The highest BCUT2D eigenvalue weighted by molar-refractivity contribution is 7.99. The molecule has 0 radical (unpaired) electrons. The zero-order valence-corrected chi connectivity index (χ0v) is 17.1. The maximum atomic E-state index is 12.9. The predicted molar refractivity (Wildman–Crippen MR) is 109 cm³/mol. The molecular formula is C21H29NO4S. The number of carboxylic acid groups (broad SMARTS) is 1. The fraction of sp³-hybridized carbons (Fsp3) is 0.524. The number of carbonyl (C=O) groups is 2. The van der Waals surface area contributed by atoms with Gasteiger partial charge in [0.15, 0.2) is 0 Å². The molecule has 27 heavy (non-hydrogen) atoms. The van der Waals surface area contributed by atoms with Gasteiger partial charge in [0.05, 0.1) is 6.04 Å². The maximum Gasteiger partial charge on any atom is 0.411 e. The topological polar surface area (TPSA) is 66.8 Å². The Morgan fingerprint density at radius 1 is 1.26 bits per heavy atom. The Bertz CT molecular complexity index is 654. The number of carbonyl (C=O) groups excluding carboxylic acids is 1. The molecule has 1 aromatic carbocycles. The van der Waals surface area contributed by atoms with Gasteiger partial charge in [0.1, 0.15) is 11.0 Å². The number of hydrogen-bond donors (Lipinski definition) is 1. The third-order valence-electron chi connectivity index (χ3n) is 4.09. The number of benzene rings is 1. The molecule has 2 atom stereocenters. The van der Waals surface area contributed by atoms with Crippen molar-refractivity contribution in [2.45, 2.75) is 63.5 Å². The lowest BCUT2D eigenvalue weighted by molar-refractivity contribution is -0.137. The molecule has 0 saturated carbocycles. The van der Waals surface area contributed by atoms with Crippen molar-refractivity contribution in [1.82, 2.24) is 4.90 Å². The average molecular weight is 392 g/mol. The minimum absolute atomic E-state index is 0.0328. The van der Waals surface area contributed by atoms with Crippen molar-refractivity contribution in [3.05, 3.63) is 48.0 Å². The van der Waals surface area contributed by atoms with E-state index in [1.807, 2.05) is 56.0 Å². The monoisotopic (exact) mass is 391 g/mol. The van der Waals surface area contributed by atoms with E-state index >= 15 is 0 Å². The minimum atomic E-state index is -0.757. The number of thioether (sulfide) groups is 1. The first kappa shape index (κ1) is 21.4. The van der Waals surface area contributed by atoms with Crippen LogP contribution in [0.1, 0.15) is 57.4 Å². The molecule has 1 amide bonds. The van der Waals surface area contributed by atoms with Crippen LogP contribution in [0.5, 0.6) is 0 Å². The first-order valence-corrected chi connectivity index (χ1v) is 10.4. The molecule has 0 bridgehead atoms. The van der Waals surface area contributed by atoms with Crippen LogP contribution < -0.4 is 0 Å². The molecule has 1 fully saturated rings. The molecule has 5 nitrogen and oxygen atoms in total. The molecular weight excluding hydrogens is 362 g/mol. The Hall–Kier alpha value is -1.95. The fourth-order valence-electron chi connectivity index (χ4n) is 2.88. The van der Waals surface area contributed by atoms with E-state index in [2.05, 4.69) is 12.2 Å². The summed E-state index contributed by atoms with van der Waals surface area (Å²) < 4.78 is 5.65. The van der Waals surface area contributed by atoms with Crippen molar-refractivity contribution in [1.29, 1.82) is 0 Å². The van der Waals surface area contributed by atoms with Crippen molar-refractivity contribution in [2.75, 3.05) is 5.75 Å². The van der Waals surface area contributed by atoms with Crippen LogP contribution in [0, 0.1) is 0 Å². The molecule has 0 spiro atoms. The highest BCUT2D eigenvalue weighted by Gasteiger charge is 2.39. The van der Waals surface area contributed by atoms with Gasteiger partial charge in [-0.05, 0) is 45.6 Å². The summed E-state index contributed by atoms with van der Waals surface area (Å²) in [5, 5.41) is 8.62. The molecule has 1 heterocycles. The summed E-state index contributed by atoms with van der Waals surface area (Å²) in [7, 11) is 0. The standard InChI is InChI=1S/C21H29NO4S/c1-21(2,3)26-20(25)22-17(13-9-4-5-10-14-18(23)24)15-27-19(22)16-11-7-6-8-12-16/h6-9,11-13,17,19H,4-5,10,14-15H2,1-3H3,(H,23,24)/b13-9+/t17-,19-/m1/s1. The van der Waals surface area contributed by atoms with Crippen molar-refractivity contribution < 1.29 is 19.4 Å². The van der Waals surface area contributed by atoms with Crippen LogP contribution in [0.15, 0.2) is 42.5 Å². The average Bonchev–Trinajstić information content (AvgIpc) is 3.01. The number of nitrogens with zero attached hydrogens (tertiary/aromatic N) is 1. The second-order valence-electron chi connectivity index (χ2n) is 7.62. The van der Waals surface area contributed by atoms with Crippen LogP contribution in [0.4, 0.5) is 4.79 Å². The summed E-state index contributed by atoms with van der Waals surface area (Å²) in [6.07, 6.45) is 6.32. The molecule has 0 unspecified atom stereocenters. The van der Waals surface area contributed by atoms with Crippen molar-refractivity contribution in [3.63, 3.8) is 0 Å². The van der Waals surface area contributed by atoms with E-state index in [-0.39, 0.29) is 23.9 Å². The Morgan fingerprint density at radius 3 is 2.59 bits per heavy atom. The largest absolute Gasteiger partial charge is 0.481 e. The second kappa shape index (κ2) is 9.83. The SMILES string of the molecule is CC(C)(C)OC(=O)N1[C@H](/C=C/CCCCC(=O)O)CS[C@@H]1c1ccccc1. The molecule has 0 aromatic heterocycles. The number of ether oxygens (including phenoxy) is 1. The number of carboxylic acids is 1. The number of aliphatic carboxylic acids is 1. The molecule has 6 heteroatoms. The molecule has 1 aromatic rings. The quantitative estimate of drug-likeness (QED) is 0.509. The third kappa shape index (κ3) is 6.94. The van der Waals surface area contributed by atoms with Gasteiger partial charge in [-0.3, -0.25) is 9.69 Å². The van der Waals surface area contributed by atoms with Crippen LogP contribution in [0.25, 0.3) is 0 Å². The van der Waals surface area contributed by atoms with Crippen molar-refractivity contribution in [3.8, 4) is 0 Å². The molecule has 2 rings (SSSR count). The number of rotatable bonds is 7. The number of allylic oxidation sites excluding steroid dienone is 1. The zero-order valence-electron chi connectivity index (χ0n) is 16.3. The van der Waals surface area contributed by atoms with E-state index in [4.69, 9.17) is 9.84 Å². The maximum absolute atomic E-state index is 12.9.